The number of hydrogen-bond acceptors (Lipinski definition) is 3. The molecule has 0 bridgehead atoms. The fourth-order valence-corrected chi connectivity index (χ4v) is 2.32. The van der Waals surface area contributed by atoms with Crippen molar-refractivity contribution in [2.75, 3.05) is 0 Å². The Labute approximate surface area is 125 Å². The molecule has 0 saturated heterocycles. The van der Waals surface area contributed by atoms with Gasteiger partial charge in [0, 0.05) is 10.0 Å². The summed E-state index contributed by atoms with van der Waals surface area (Å²) in [5.41, 5.74) is 3.32. The summed E-state index contributed by atoms with van der Waals surface area (Å²) in [6, 6.07) is 16.1. The van der Waals surface area contributed by atoms with Crippen molar-refractivity contribution in [1.82, 2.24) is 20.2 Å². The average Bonchev–Trinajstić information content (AvgIpc) is 2.91. The van der Waals surface area contributed by atoms with Crippen LogP contribution in [0.1, 0.15) is 11.1 Å². The zero-order chi connectivity index (χ0) is 13.9. The molecule has 3 aromatic rings. The number of benzene rings is 2. The van der Waals surface area contributed by atoms with Gasteiger partial charge in [0.1, 0.15) is 0 Å². The van der Waals surface area contributed by atoms with Crippen LogP contribution in [0.25, 0.3) is 11.4 Å². The topological polar surface area (TPSA) is 43.6 Å². The molecule has 100 valence electrons. The predicted octanol–water partition coefficient (Wildman–Crippen LogP) is 3.46. The zero-order valence-corrected chi connectivity index (χ0v) is 12.6. The molecule has 2 aromatic carbocycles. The fraction of sp³-hybridized carbons (Fsp3) is 0.133. The van der Waals surface area contributed by atoms with Crippen molar-refractivity contribution in [2.24, 2.45) is 0 Å². The maximum absolute atomic E-state index is 4.42. The van der Waals surface area contributed by atoms with E-state index in [0.717, 1.165) is 15.6 Å². The molecule has 1 aromatic heterocycles. The van der Waals surface area contributed by atoms with Gasteiger partial charge in [0.15, 0.2) is 0 Å². The van der Waals surface area contributed by atoms with Crippen molar-refractivity contribution in [1.29, 1.82) is 0 Å². The lowest BCUT2D eigenvalue weighted by molar-refractivity contribution is 0.571. The highest BCUT2D eigenvalue weighted by Crippen LogP contribution is 2.17. The van der Waals surface area contributed by atoms with Gasteiger partial charge in [-0.3, -0.25) is 0 Å². The largest absolute Gasteiger partial charge is 0.204 e. The van der Waals surface area contributed by atoms with E-state index in [1.54, 1.807) is 4.80 Å². The van der Waals surface area contributed by atoms with Crippen LogP contribution in [-0.4, -0.2) is 20.2 Å². The maximum atomic E-state index is 4.42. The van der Waals surface area contributed by atoms with Crippen LogP contribution in [-0.2, 0) is 6.54 Å². The molecule has 1 heterocycles. The minimum atomic E-state index is 0.598. The van der Waals surface area contributed by atoms with Crippen LogP contribution in [0, 0.1) is 6.92 Å². The van der Waals surface area contributed by atoms with Crippen LogP contribution in [0.2, 0.25) is 0 Å². The predicted molar refractivity (Wildman–Crippen MR) is 81.2 cm³/mol. The van der Waals surface area contributed by atoms with Gasteiger partial charge in [-0.05, 0) is 23.8 Å². The van der Waals surface area contributed by atoms with Crippen LogP contribution in [0.15, 0.2) is 53.0 Å². The number of aromatic nitrogens is 4. The molecule has 0 atom stereocenters. The van der Waals surface area contributed by atoms with Crippen molar-refractivity contribution < 1.29 is 0 Å². The van der Waals surface area contributed by atoms with E-state index in [2.05, 4.69) is 38.3 Å². The molecule has 20 heavy (non-hydrogen) atoms. The van der Waals surface area contributed by atoms with Crippen molar-refractivity contribution >= 4 is 15.9 Å². The van der Waals surface area contributed by atoms with E-state index >= 15 is 0 Å². The Morgan fingerprint density at radius 2 is 1.80 bits per heavy atom. The molecule has 0 unspecified atom stereocenters. The highest BCUT2D eigenvalue weighted by molar-refractivity contribution is 9.10. The second-order valence-electron chi connectivity index (χ2n) is 4.60. The summed E-state index contributed by atoms with van der Waals surface area (Å²) in [6.07, 6.45) is 0. The SMILES string of the molecule is Cc1ccc(-c2nnn(Cc3ccccc3Br)n2)cc1. The van der Waals surface area contributed by atoms with Gasteiger partial charge < -0.3 is 0 Å². The molecule has 0 radical (unpaired) electrons. The first-order chi connectivity index (χ1) is 9.72. The molecule has 0 spiro atoms. The summed E-state index contributed by atoms with van der Waals surface area (Å²) >= 11 is 3.52. The fourth-order valence-electron chi connectivity index (χ4n) is 1.91. The van der Waals surface area contributed by atoms with Crippen LogP contribution < -0.4 is 0 Å². The quantitative estimate of drug-likeness (QED) is 0.739. The molecule has 0 fully saturated rings. The summed E-state index contributed by atoms with van der Waals surface area (Å²) in [4.78, 5) is 1.61. The summed E-state index contributed by atoms with van der Waals surface area (Å²) < 4.78 is 1.05. The van der Waals surface area contributed by atoms with Crippen LogP contribution >= 0.6 is 15.9 Å². The van der Waals surface area contributed by atoms with Crippen molar-refractivity contribution in [3.8, 4) is 11.4 Å². The second kappa shape index (κ2) is 5.54. The molecule has 0 aliphatic heterocycles. The van der Waals surface area contributed by atoms with Gasteiger partial charge in [0.05, 0.1) is 6.54 Å². The second-order valence-corrected chi connectivity index (χ2v) is 5.46. The first-order valence-corrected chi connectivity index (χ1v) is 7.10. The van der Waals surface area contributed by atoms with E-state index in [9.17, 15) is 0 Å². The Hall–Kier alpha value is -2.01. The minimum absolute atomic E-state index is 0.598. The molecule has 3 rings (SSSR count). The smallest absolute Gasteiger partial charge is 0.159 e. The Balaban J connectivity index is 1.84. The molecule has 0 aliphatic carbocycles. The van der Waals surface area contributed by atoms with Gasteiger partial charge in [0.25, 0.3) is 0 Å². The zero-order valence-electron chi connectivity index (χ0n) is 11.0. The molecular weight excluding hydrogens is 316 g/mol. The average molecular weight is 329 g/mol. The van der Waals surface area contributed by atoms with Crippen LogP contribution in [0.3, 0.4) is 0 Å². The number of nitrogens with zero attached hydrogens (tertiary/aromatic N) is 4. The van der Waals surface area contributed by atoms with Crippen LogP contribution in [0.4, 0.5) is 0 Å². The standard InChI is InChI=1S/C15H13BrN4/c1-11-6-8-12(9-7-11)15-17-19-20(18-15)10-13-4-2-3-5-14(13)16/h2-9H,10H2,1H3. The lowest BCUT2D eigenvalue weighted by Crippen LogP contribution is -2.04. The van der Waals surface area contributed by atoms with E-state index in [1.807, 2.05) is 48.5 Å². The lowest BCUT2D eigenvalue weighted by Gasteiger charge is -2.01. The number of aryl methyl sites for hydroxylation is 1. The van der Waals surface area contributed by atoms with Crippen molar-refractivity contribution in [2.45, 2.75) is 13.5 Å². The molecular formula is C15H13BrN4. The van der Waals surface area contributed by atoms with E-state index in [1.165, 1.54) is 5.56 Å². The molecule has 0 amide bonds. The summed E-state index contributed by atoms with van der Waals surface area (Å²) in [5, 5.41) is 12.6. The Kier molecular flexibility index (Phi) is 3.60. The molecule has 0 aliphatic rings. The number of rotatable bonds is 3. The highest BCUT2D eigenvalue weighted by Gasteiger charge is 2.07. The minimum Gasteiger partial charge on any atom is -0.159 e. The Bertz CT molecular complexity index is 719. The van der Waals surface area contributed by atoms with Gasteiger partial charge >= 0.3 is 0 Å². The lowest BCUT2D eigenvalue weighted by atomic mass is 10.1. The van der Waals surface area contributed by atoms with Gasteiger partial charge in [0.2, 0.25) is 5.82 Å². The van der Waals surface area contributed by atoms with Crippen molar-refractivity contribution in [3.05, 3.63) is 64.1 Å². The number of halogens is 1. The number of tetrazole rings is 1. The van der Waals surface area contributed by atoms with Crippen LogP contribution in [0.5, 0.6) is 0 Å². The third-order valence-corrected chi connectivity index (χ3v) is 3.81. The summed E-state index contributed by atoms with van der Waals surface area (Å²) in [5.74, 6) is 0.650. The normalized spacial score (nSPS) is 10.7. The Morgan fingerprint density at radius 1 is 1.05 bits per heavy atom. The van der Waals surface area contributed by atoms with Crippen molar-refractivity contribution in [3.63, 3.8) is 0 Å². The van der Waals surface area contributed by atoms with E-state index in [4.69, 9.17) is 0 Å². The first-order valence-electron chi connectivity index (χ1n) is 6.30. The van der Waals surface area contributed by atoms with Gasteiger partial charge in [-0.1, -0.05) is 64.0 Å². The molecule has 0 N–H and O–H groups in total. The first kappa shape index (κ1) is 13.0. The summed E-state index contributed by atoms with van der Waals surface area (Å²) in [7, 11) is 0. The van der Waals surface area contributed by atoms with E-state index in [-0.39, 0.29) is 0 Å². The van der Waals surface area contributed by atoms with Gasteiger partial charge in [-0.2, -0.15) is 4.80 Å². The number of hydrogen-bond donors (Lipinski definition) is 0. The maximum Gasteiger partial charge on any atom is 0.204 e. The monoisotopic (exact) mass is 328 g/mol. The van der Waals surface area contributed by atoms with E-state index < -0.39 is 0 Å². The van der Waals surface area contributed by atoms with Gasteiger partial charge in [-0.15, -0.1) is 10.2 Å². The summed E-state index contributed by atoms with van der Waals surface area (Å²) in [6.45, 7) is 2.65. The molecule has 0 saturated carbocycles. The third-order valence-electron chi connectivity index (χ3n) is 3.03. The highest BCUT2D eigenvalue weighted by atomic mass is 79.9. The van der Waals surface area contributed by atoms with E-state index in [0.29, 0.717) is 12.4 Å². The Morgan fingerprint density at radius 3 is 2.55 bits per heavy atom. The third kappa shape index (κ3) is 2.77. The molecule has 5 heteroatoms. The van der Waals surface area contributed by atoms with Gasteiger partial charge in [-0.25, -0.2) is 0 Å². The molecule has 4 nitrogen and oxygen atoms in total.